The fourth-order valence-corrected chi connectivity index (χ4v) is 7.49. The van der Waals surface area contributed by atoms with E-state index in [9.17, 15) is 28.8 Å². The second-order valence-corrected chi connectivity index (χ2v) is 14.4. The quantitative estimate of drug-likeness (QED) is 0.0902. The molecule has 1 aromatic rings. The molecular formula is C21H33N3O9S6. The summed E-state index contributed by atoms with van der Waals surface area (Å²) in [5, 5.41) is -1.69. The average molecular weight is 664 g/mol. The van der Waals surface area contributed by atoms with Gasteiger partial charge in [0.25, 0.3) is 0 Å². The molecule has 39 heavy (non-hydrogen) atoms. The van der Waals surface area contributed by atoms with Crippen LogP contribution in [0.1, 0.15) is 40.0 Å². The van der Waals surface area contributed by atoms with Crippen LogP contribution in [-0.2, 0) is 33.8 Å². The molecule has 0 unspecified atom stereocenters. The van der Waals surface area contributed by atoms with E-state index < -0.39 is 33.0 Å². The monoisotopic (exact) mass is 663 g/mol. The molecule has 18 heteroatoms. The summed E-state index contributed by atoms with van der Waals surface area (Å²) in [7, 11) is 6.75. The van der Waals surface area contributed by atoms with Crippen LogP contribution < -0.4 is 17.1 Å². The van der Waals surface area contributed by atoms with Crippen LogP contribution in [0.2, 0.25) is 0 Å². The molecule has 0 aliphatic rings. The highest BCUT2D eigenvalue weighted by atomic mass is 33.1. The lowest BCUT2D eigenvalue weighted by Crippen LogP contribution is -2.55. The number of aromatic nitrogens is 3. The highest BCUT2D eigenvalue weighted by molar-refractivity contribution is 8.82. The zero-order chi connectivity index (χ0) is 29.0. The van der Waals surface area contributed by atoms with Gasteiger partial charge in [-0.05, 0) is 19.3 Å². The van der Waals surface area contributed by atoms with Gasteiger partial charge < -0.3 is 14.2 Å². The zero-order valence-corrected chi connectivity index (χ0v) is 26.8. The van der Waals surface area contributed by atoms with Crippen molar-refractivity contribution in [3.63, 3.8) is 0 Å². The predicted molar refractivity (Wildman–Crippen MR) is 164 cm³/mol. The molecule has 1 heterocycles. The van der Waals surface area contributed by atoms with Crippen molar-refractivity contribution in [2.45, 2.75) is 59.7 Å². The van der Waals surface area contributed by atoms with Crippen molar-refractivity contribution >= 4 is 80.7 Å². The topological polar surface area (TPSA) is 145 Å². The summed E-state index contributed by atoms with van der Waals surface area (Å²) in [6.45, 7) is 4.22. The van der Waals surface area contributed by atoms with Crippen molar-refractivity contribution in [1.82, 2.24) is 13.7 Å². The van der Waals surface area contributed by atoms with Gasteiger partial charge in [-0.25, -0.2) is 42.5 Å². The number of carbonyl (C=O) groups excluding carboxylic acids is 3. The predicted octanol–water partition coefficient (Wildman–Crippen LogP) is 4.96. The van der Waals surface area contributed by atoms with Crippen molar-refractivity contribution in [3.05, 3.63) is 31.5 Å². The molecule has 222 valence electrons. The lowest BCUT2D eigenvalue weighted by molar-refractivity contribution is 0.162. The number of carbonyl (C=O) groups is 3. The van der Waals surface area contributed by atoms with Crippen LogP contribution in [0.5, 0.6) is 0 Å². The van der Waals surface area contributed by atoms with Gasteiger partial charge in [0.15, 0.2) is 0 Å². The van der Waals surface area contributed by atoms with E-state index in [1.54, 1.807) is 0 Å². The second-order valence-electron chi connectivity index (χ2n) is 7.31. The molecule has 12 nitrogen and oxygen atoms in total. The molecule has 0 bridgehead atoms. The van der Waals surface area contributed by atoms with Gasteiger partial charge in [0.1, 0.15) is 19.8 Å². The molecule has 0 saturated heterocycles. The third-order valence-corrected chi connectivity index (χ3v) is 10.9. The van der Waals surface area contributed by atoms with Crippen LogP contribution in [0, 0.1) is 0 Å². The molecule has 0 aromatic carbocycles. The molecule has 0 aliphatic carbocycles. The van der Waals surface area contributed by atoms with E-state index in [1.807, 2.05) is 20.8 Å². The SMILES string of the molecule is CCCSSC(=O)OCCn1c(=O)n(CCOC(=O)SSCCC)c(=O)n(CCOC(=O)SSCCC)c1=O. The van der Waals surface area contributed by atoms with E-state index in [-0.39, 0.29) is 39.5 Å². The Kier molecular flexibility index (Phi) is 19.9. The first kappa shape index (κ1) is 35.9. The molecule has 0 aliphatic heterocycles. The Morgan fingerprint density at radius 1 is 0.538 bits per heavy atom. The van der Waals surface area contributed by atoms with Crippen LogP contribution in [0.3, 0.4) is 0 Å². The normalized spacial score (nSPS) is 10.8. The maximum absolute atomic E-state index is 13.0. The molecule has 1 rings (SSSR count). The Balaban J connectivity index is 3.00. The Hall–Kier alpha value is -1.08. The molecule has 0 N–H and O–H groups in total. The Labute approximate surface area is 250 Å². The highest BCUT2D eigenvalue weighted by Gasteiger charge is 2.17. The summed E-state index contributed by atoms with van der Waals surface area (Å²) in [5.41, 5.74) is -2.80. The van der Waals surface area contributed by atoms with Crippen molar-refractivity contribution in [2.24, 2.45) is 0 Å². The molecule has 0 fully saturated rings. The second kappa shape index (κ2) is 21.6. The largest absolute Gasteiger partial charge is 0.455 e. The first-order chi connectivity index (χ1) is 18.8. The minimum absolute atomic E-state index is 0.271. The summed E-state index contributed by atoms with van der Waals surface area (Å²) in [4.78, 5) is 74.5. The van der Waals surface area contributed by atoms with Gasteiger partial charge in [-0.15, -0.1) is 0 Å². The van der Waals surface area contributed by atoms with Gasteiger partial charge >= 0.3 is 33.0 Å². The van der Waals surface area contributed by atoms with Gasteiger partial charge in [0.2, 0.25) is 0 Å². The molecule has 0 amide bonds. The van der Waals surface area contributed by atoms with Gasteiger partial charge in [0, 0.05) is 49.6 Å². The first-order valence-electron chi connectivity index (χ1n) is 12.1. The maximum Gasteiger partial charge on any atom is 0.378 e. The lowest BCUT2D eigenvalue weighted by atomic mass is 10.6. The number of ether oxygens (including phenoxy) is 3. The van der Waals surface area contributed by atoms with Crippen molar-refractivity contribution in [2.75, 3.05) is 37.1 Å². The Morgan fingerprint density at radius 2 is 0.795 bits per heavy atom. The van der Waals surface area contributed by atoms with Crippen LogP contribution in [-0.4, -0.2) is 66.7 Å². The summed E-state index contributed by atoms with van der Waals surface area (Å²) in [6.07, 6.45) is 2.66. The number of nitrogens with zero attached hydrogens (tertiary/aromatic N) is 3. The number of rotatable bonds is 18. The van der Waals surface area contributed by atoms with E-state index in [0.29, 0.717) is 0 Å². The highest BCUT2D eigenvalue weighted by Crippen LogP contribution is 2.25. The number of hydrogen-bond acceptors (Lipinski definition) is 15. The minimum atomic E-state index is -0.933. The summed E-state index contributed by atoms with van der Waals surface area (Å²) in [6, 6.07) is 0. The van der Waals surface area contributed by atoms with E-state index in [2.05, 4.69) is 0 Å². The Bertz CT molecular complexity index is 929. The first-order valence-corrected chi connectivity index (χ1v) is 19.0. The van der Waals surface area contributed by atoms with Crippen molar-refractivity contribution < 1.29 is 28.6 Å². The minimum Gasteiger partial charge on any atom is -0.455 e. The smallest absolute Gasteiger partial charge is 0.378 e. The molecule has 0 spiro atoms. The summed E-state index contributed by atoms with van der Waals surface area (Å²) < 4.78 is 17.6. The van der Waals surface area contributed by atoms with E-state index in [0.717, 1.165) is 82.6 Å². The zero-order valence-electron chi connectivity index (χ0n) is 22.0. The standard InChI is InChI=1S/C21H33N3O9S6/c1-4-13-34-37-19(28)31-10-7-22-16(25)23(8-11-32-20(29)38-35-14-5-2)18(27)24(17(22)26)9-12-33-21(30)39-36-15-6-3/h4-15H2,1-3H3. The van der Waals surface area contributed by atoms with E-state index in [1.165, 1.54) is 32.4 Å². The van der Waals surface area contributed by atoms with Crippen LogP contribution in [0.25, 0.3) is 0 Å². The fourth-order valence-electron chi connectivity index (χ4n) is 2.51. The van der Waals surface area contributed by atoms with Crippen LogP contribution in [0.4, 0.5) is 14.4 Å². The van der Waals surface area contributed by atoms with E-state index >= 15 is 0 Å². The molecule has 0 saturated carbocycles. The molecule has 1 aromatic heterocycles. The third-order valence-electron chi connectivity index (χ3n) is 4.23. The molecule has 0 radical (unpaired) electrons. The number of hydrogen-bond donors (Lipinski definition) is 0. The fraction of sp³-hybridized carbons (Fsp3) is 0.714. The van der Waals surface area contributed by atoms with Crippen LogP contribution >= 0.6 is 64.8 Å². The summed E-state index contributed by atoms with van der Waals surface area (Å²) in [5.74, 6) is 2.28. The Morgan fingerprint density at radius 3 is 1.03 bits per heavy atom. The van der Waals surface area contributed by atoms with Gasteiger partial charge in [-0.3, -0.25) is 0 Å². The lowest BCUT2D eigenvalue weighted by Gasteiger charge is -2.14. The molecule has 0 atom stereocenters. The van der Waals surface area contributed by atoms with Crippen molar-refractivity contribution in [3.8, 4) is 0 Å². The third kappa shape index (κ3) is 14.4. The van der Waals surface area contributed by atoms with Crippen LogP contribution in [0.15, 0.2) is 14.4 Å². The van der Waals surface area contributed by atoms with Crippen molar-refractivity contribution in [1.29, 1.82) is 0 Å². The van der Waals surface area contributed by atoms with E-state index in [4.69, 9.17) is 14.2 Å². The van der Waals surface area contributed by atoms with Gasteiger partial charge in [-0.2, -0.15) is 0 Å². The van der Waals surface area contributed by atoms with Gasteiger partial charge in [0.05, 0.1) is 19.6 Å². The molecular weight excluding hydrogens is 631 g/mol. The maximum atomic E-state index is 13.0. The summed E-state index contributed by atoms with van der Waals surface area (Å²) >= 11 is 0. The average Bonchev–Trinajstić information content (AvgIpc) is 2.90. The van der Waals surface area contributed by atoms with Gasteiger partial charge in [-0.1, -0.05) is 53.2 Å².